The smallest absolute Gasteiger partial charge is 0.264 e. The molecular weight excluding hydrogens is 353 g/mol. The minimum Gasteiger partial charge on any atom is -0.481 e. The molecule has 28 heavy (non-hydrogen) atoms. The third kappa shape index (κ3) is 3.63. The number of carbonyl (C=O) groups is 1. The summed E-state index contributed by atoms with van der Waals surface area (Å²) in [6.45, 7) is 2.37. The van der Waals surface area contributed by atoms with E-state index in [1.807, 2.05) is 53.4 Å². The van der Waals surface area contributed by atoms with Crippen LogP contribution in [0.4, 0.5) is 4.39 Å². The van der Waals surface area contributed by atoms with Crippen molar-refractivity contribution in [1.29, 1.82) is 0 Å². The molecule has 4 heteroatoms. The van der Waals surface area contributed by atoms with Crippen LogP contribution in [0.25, 0.3) is 0 Å². The molecule has 0 N–H and O–H groups in total. The Balaban J connectivity index is 1.66. The molecule has 3 nitrogen and oxygen atoms in total. The Kier molecular flexibility index (Phi) is 5.11. The van der Waals surface area contributed by atoms with Gasteiger partial charge in [0, 0.05) is 6.54 Å². The monoisotopic (exact) mass is 375 g/mol. The average Bonchev–Trinajstić information content (AvgIpc) is 2.74. The zero-order valence-corrected chi connectivity index (χ0v) is 15.7. The Morgan fingerprint density at radius 1 is 1.00 bits per heavy atom. The van der Waals surface area contributed by atoms with Crippen molar-refractivity contribution in [3.05, 3.63) is 101 Å². The number of amides is 1. The van der Waals surface area contributed by atoms with E-state index in [-0.39, 0.29) is 17.8 Å². The number of carbonyl (C=O) groups excluding carboxylic acids is 1. The molecular formula is C24H22FNO2. The van der Waals surface area contributed by atoms with Crippen molar-refractivity contribution in [3.8, 4) is 5.75 Å². The summed E-state index contributed by atoms with van der Waals surface area (Å²) in [6, 6.07) is 23.6. The van der Waals surface area contributed by atoms with Crippen molar-refractivity contribution < 1.29 is 13.9 Å². The Morgan fingerprint density at radius 2 is 1.68 bits per heavy atom. The van der Waals surface area contributed by atoms with Crippen LogP contribution in [0.5, 0.6) is 5.75 Å². The van der Waals surface area contributed by atoms with E-state index < -0.39 is 6.10 Å². The first-order chi connectivity index (χ1) is 13.6. The van der Waals surface area contributed by atoms with Crippen molar-refractivity contribution >= 4 is 5.91 Å². The van der Waals surface area contributed by atoms with Crippen LogP contribution >= 0.6 is 0 Å². The highest BCUT2D eigenvalue weighted by Crippen LogP contribution is 2.35. The molecule has 0 unspecified atom stereocenters. The van der Waals surface area contributed by atoms with Gasteiger partial charge in [0.1, 0.15) is 11.6 Å². The summed E-state index contributed by atoms with van der Waals surface area (Å²) in [4.78, 5) is 15.1. The molecule has 0 aliphatic carbocycles. The first-order valence-corrected chi connectivity index (χ1v) is 9.49. The summed E-state index contributed by atoms with van der Waals surface area (Å²) in [7, 11) is 0. The summed E-state index contributed by atoms with van der Waals surface area (Å²) >= 11 is 0. The number of fused-ring (bicyclic) bond motifs is 1. The number of hydrogen-bond donors (Lipinski definition) is 0. The van der Waals surface area contributed by atoms with Crippen molar-refractivity contribution in [1.82, 2.24) is 4.90 Å². The highest BCUT2D eigenvalue weighted by atomic mass is 19.1. The highest BCUT2D eigenvalue weighted by Gasteiger charge is 2.34. The lowest BCUT2D eigenvalue weighted by molar-refractivity contribution is -0.140. The fourth-order valence-corrected chi connectivity index (χ4v) is 3.80. The Bertz CT molecular complexity index is 956. The van der Waals surface area contributed by atoms with E-state index in [2.05, 4.69) is 6.07 Å². The standard InChI is InChI=1S/C24H22FNO2/c1-17(28-21-8-3-2-4-9-21)24(27)26-16-15-18-7-5-6-10-22(18)23(26)19-11-13-20(25)14-12-19/h2-14,17,23H,15-16H2,1H3/t17-,23+/m0/s1. The maximum absolute atomic E-state index is 13.5. The van der Waals surface area contributed by atoms with Gasteiger partial charge in [0.25, 0.3) is 5.91 Å². The van der Waals surface area contributed by atoms with E-state index in [1.54, 1.807) is 19.1 Å². The van der Waals surface area contributed by atoms with Crippen LogP contribution in [0.2, 0.25) is 0 Å². The highest BCUT2D eigenvalue weighted by molar-refractivity contribution is 5.82. The molecule has 1 aliphatic rings. The van der Waals surface area contributed by atoms with Gasteiger partial charge in [0.05, 0.1) is 6.04 Å². The number of nitrogens with zero attached hydrogens (tertiary/aromatic N) is 1. The fourth-order valence-electron chi connectivity index (χ4n) is 3.80. The predicted octanol–water partition coefficient (Wildman–Crippen LogP) is 4.77. The summed E-state index contributed by atoms with van der Waals surface area (Å²) in [5.74, 6) is 0.304. The summed E-state index contributed by atoms with van der Waals surface area (Å²) in [5.41, 5.74) is 3.20. The minimum absolute atomic E-state index is 0.0762. The predicted molar refractivity (Wildman–Crippen MR) is 107 cm³/mol. The Labute approximate surface area is 164 Å². The van der Waals surface area contributed by atoms with Crippen molar-refractivity contribution in [3.63, 3.8) is 0 Å². The minimum atomic E-state index is -0.615. The van der Waals surface area contributed by atoms with Gasteiger partial charge in [-0.1, -0.05) is 54.6 Å². The van der Waals surface area contributed by atoms with Crippen LogP contribution in [-0.4, -0.2) is 23.5 Å². The second kappa shape index (κ2) is 7.85. The van der Waals surface area contributed by atoms with Gasteiger partial charge in [0.15, 0.2) is 6.10 Å². The van der Waals surface area contributed by atoms with E-state index in [0.29, 0.717) is 12.3 Å². The number of rotatable bonds is 4. The molecule has 3 aromatic carbocycles. The van der Waals surface area contributed by atoms with Gasteiger partial charge < -0.3 is 9.64 Å². The lowest BCUT2D eigenvalue weighted by Crippen LogP contribution is -2.46. The number of hydrogen-bond acceptors (Lipinski definition) is 2. The van der Waals surface area contributed by atoms with E-state index in [0.717, 1.165) is 17.5 Å². The third-order valence-corrected chi connectivity index (χ3v) is 5.16. The molecule has 0 bridgehead atoms. The molecule has 0 aromatic heterocycles. The zero-order chi connectivity index (χ0) is 19.5. The Morgan fingerprint density at radius 3 is 2.43 bits per heavy atom. The molecule has 0 spiro atoms. The first-order valence-electron chi connectivity index (χ1n) is 9.49. The van der Waals surface area contributed by atoms with E-state index in [9.17, 15) is 9.18 Å². The summed E-state index contributed by atoms with van der Waals surface area (Å²) < 4.78 is 19.3. The largest absolute Gasteiger partial charge is 0.481 e. The fraction of sp³-hybridized carbons (Fsp3) is 0.208. The molecule has 0 fully saturated rings. The molecule has 142 valence electrons. The van der Waals surface area contributed by atoms with Gasteiger partial charge in [-0.25, -0.2) is 4.39 Å². The number of benzene rings is 3. The summed E-state index contributed by atoms with van der Waals surface area (Å²) in [6.07, 6.45) is 0.174. The van der Waals surface area contributed by atoms with Crippen LogP contribution < -0.4 is 4.74 Å². The maximum atomic E-state index is 13.5. The van der Waals surface area contributed by atoms with E-state index in [4.69, 9.17) is 4.74 Å². The molecule has 2 atom stereocenters. The topological polar surface area (TPSA) is 29.5 Å². The molecule has 1 aliphatic heterocycles. The van der Waals surface area contributed by atoms with Crippen molar-refractivity contribution in [2.24, 2.45) is 0 Å². The van der Waals surface area contributed by atoms with Gasteiger partial charge in [0.2, 0.25) is 0 Å². The van der Waals surface area contributed by atoms with Crippen LogP contribution in [0.3, 0.4) is 0 Å². The second-order valence-electron chi connectivity index (χ2n) is 7.01. The van der Waals surface area contributed by atoms with Gasteiger partial charge in [-0.3, -0.25) is 4.79 Å². The quantitative estimate of drug-likeness (QED) is 0.658. The summed E-state index contributed by atoms with van der Waals surface area (Å²) in [5, 5.41) is 0. The first kappa shape index (κ1) is 18.2. The van der Waals surface area contributed by atoms with Gasteiger partial charge in [-0.05, 0) is 54.3 Å². The van der Waals surface area contributed by atoms with E-state index >= 15 is 0 Å². The molecule has 3 aromatic rings. The Hall–Kier alpha value is -3.14. The lowest BCUT2D eigenvalue weighted by Gasteiger charge is -2.39. The number of para-hydroxylation sites is 1. The number of ether oxygens (including phenoxy) is 1. The van der Waals surface area contributed by atoms with Crippen molar-refractivity contribution in [2.75, 3.05) is 6.54 Å². The van der Waals surface area contributed by atoms with Crippen LogP contribution in [0.15, 0.2) is 78.9 Å². The zero-order valence-electron chi connectivity index (χ0n) is 15.7. The van der Waals surface area contributed by atoms with Gasteiger partial charge >= 0.3 is 0 Å². The molecule has 4 rings (SSSR count). The second-order valence-corrected chi connectivity index (χ2v) is 7.01. The lowest BCUT2D eigenvalue weighted by atomic mass is 9.88. The molecule has 1 amide bonds. The SMILES string of the molecule is C[C@H](Oc1ccccc1)C(=O)N1CCc2ccccc2[C@H]1c1ccc(F)cc1. The molecule has 1 heterocycles. The molecule has 0 saturated carbocycles. The van der Waals surface area contributed by atoms with E-state index in [1.165, 1.54) is 17.7 Å². The average molecular weight is 375 g/mol. The van der Waals surface area contributed by atoms with Crippen LogP contribution in [0, 0.1) is 5.82 Å². The molecule has 0 radical (unpaired) electrons. The van der Waals surface area contributed by atoms with Gasteiger partial charge in [-0.2, -0.15) is 0 Å². The van der Waals surface area contributed by atoms with Crippen molar-refractivity contribution in [2.45, 2.75) is 25.5 Å². The molecule has 0 saturated heterocycles. The maximum Gasteiger partial charge on any atom is 0.264 e. The van der Waals surface area contributed by atoms with Crippen LogP contribution in [0.1, 0.15) is 29.7 Å². The normalized spacial score (nSPS) is 16.9. The van der Waals surface area contributed by atoms with Crippen LogP contribution in [-0.2, 0) is 11.2 Å². The third-order valence-electron chi connectivity index (χ3n) is 5.16. The number of halogens is 1. The van der Waals surface area contributed by atoms with Gasteiger partial charge in [-0.15, -0.1) is 0 Å².